The Morgan fingerprint density at radius 3 is 2.60 bits per heavy atom. The van der Waals surface area contributed by atoms with Crippen LogP contribution in [0.5, 0.6) is 0 Å². The first-order chi connectivity index (χ1) is 9.65. The van der Waals surface area contributed by atoms with E-state index in [1.807, 2.05) is 18.2 Å². The molecule has 0 saturated heterocycles. The van der Waals surface area contributed by atoms with Gasteiger partial charge in [0.2, 0.25) is 0 Å². The Bertz CT molecular complexity index is 543. The van der Waals surface area contributed by atoms with Crippen LogP contribution in [-0.2, 0) is 6.54 Å². The predicted octanol–water partition coefficient (Wildman–Crippen LogP) is 4.33. The highest BCUT2D eigenvalue weighted by molar-refractivity contribution is 9.13. The quantitative estimate of drug-likeness (QED) is 0.783. The highest BCUT2D eigenvalue weighted by atomic mass is 79.9. The molecule has 0 spiro atoms. The van der Waals surface area contributed by atoms with Gasteiger partial charge < -0.3 is 10.2 Å². The third-order valence-electron chi connectivity index (χ3n) is 3.34. The van der Waals surface area contributed by atoms with Gasteiger partial charge in [-0.3, -0.25) is 4.90 Å². The smallest absolute Gasteiger partial charge is 0.117 e. The molecule has 2 rings (SSSR count). The predicted molar refractivity (Wildman–Crippen MR) is 88.4 cm³/mol. The molecule has 1 aromatic heterocycles. The monoisotopic (exact) mass is 400 g/mol. The molecular formula is C15H18Br2N2O. The van der Waals surface area contributed by atoms with Crippen LogP contribution in [-0.4, -0.2) is 18.0 Å². The van der Waals surface area contributed by atoms with Crippen LogP contribution in [0.3, 0.4) is 0 Å². The Labute approximate surface area is 136 Å². The average molecular weight is 402 g/mol. The number of rotatable bonds is 6. The number of likely N-dealkylation sites (N-methyl/N-ethyl adjacent to an activating group) is 1. The normalized spacial score (nSPS) is 12.8. The summed E-state index contributed by atoms with van der Waals surface area (Å²) in [5.74, 6) is 0.960. The van der Waals surface area contributed by atoms with Crippen molar-refractivity contribution in [3.05, 3.63) is 56.9 Å². The van der Waals surface area contributed by atoms with E-state index >= 15 is 0 Å². The Morgan fingerprint density at radius 2 is 2.05 bits per heavy atom. The van der Waals surface area contributed by atoms with Crippen molar-refractivity contribution in [2.45, 2.75) is 19.5 Å². The standard InChI is InChI=1S/C15H18Br2N2O/c1-2-19(10-12-4-3-7-20-12)15(9-18)11-5-6-13(16)14(17)8-11/h3-8,15H,2,9-10,18H2,1H3. The second-order valence-corrected chi connectivity index (χ2v) is 6.28. The van der Waals surface area contributed by atoms with Gasteiger partial charge in [-0.2, -0.15) is 0 Å². The van der Waals surface area contributed by atoms with E-state index in [4.69, 9.17) is 10.2 Å². The zero-order valence-corrected chi connectivity index (χ0v) is 14.5. The highest BCUT2D eigenvalue weighted by Crippen LogP contribution is 2.29. The zero-order chi connectivity index (χ0) is 14.5. The summed E-state index contributed by atoms with van der Waals surface area (Å²) in [5, 5.41) is 0. The van der Waals surface area contributed by atoms with Crippen molar-refractivity contribution in [2.75, 3.05) is 13.1 Å². The number of hydrogen-bond donors (Lipinski definition) is 1. The summed E-state index contributed by atoms with van der Waals surface area (Å²) >= 11 is 7.05. The second kappa shape index (κ2) is 7.41. The Morgan fingerprint density at radius 1 is 1.25 bits per heavy atom. The summed E-state index contributed by atoms with van der Waals surface area (Å²) in [7, 11) is 0. The molecule has 108 valence electrons. The fraction of sp³-hybridized carbons (Fsp3) is 0.333. The van der Waals surface area contributed by atoms with Gasteiger partial charge in [-0.15, -0.1) is 0 Å². The fourth-order valence-corrected chi connectivity index (χ4v) is 2.90. The molecule has 20 heavy (non-hydrogen) atoms. The van der Waals surface area contributed by atoms with E-state index in [0.29, 0.717) is 6.54 Å². The number of hydrogen-bond acceptors (Lipinski definition) is 3. The molecular weight excluding hydrogens is 384 g/mol. The number of furan rings is 1. The van der Waals surface area contributed by atoms with E-state index in [1.165, 1.54) is 5.56 Å². The van der Waals surface area contributed by atoms with Gasteiger partial charge in [0.15, 0.2) is 0 Å². The largest absolute Gasteiger partial charge is 0.468 e. The lowest BCUT2D eigenvalue weighted by atomic mass is 10.1. The molecule has 0 aliphatic carbocycles. The van der Waals surface area contributed by atoms with Crippen molar-refractivity contribution >= 4 is 31.9 Å². The number of nitrogens with two attached hydrogens (primary N) is 1. The number of nitrogens with zero attached hydrogens (tertiary/aromatic N) is 1. The van der Waals surface area contributed by atoms with Crippen molar-refractivity contribution in [1.82, 2.24) is 4.90 Å². The molecule has 0 aliphatic heterocycles. The van der Waals surface area contributed by atoms with Gasteiger partial charge in [-0.05, 0) is 68.2 Å². The third kappa shape index (κ3) is 3.73. The van der Waals surface area contributed by atoms with E-state index in [2.05, 4.69) is 55.8 Å². The van der Waals surface area contributed by atoms with Gasteiger partial charge >= 0.3 is 0 Å². The van der Waals surface area contributed by atoms with E-state index < -0.39 is 0 Å². The van der Waals surface area contributed by atoms with Crippen molar-refractivity contribution in [1.29, 1.82) is 0 Å². The molecule has 0 radical (unpaired) electrons. The maximum atomic E-state index is 6.00. The molecule has 3 nitrogen and oxygen atoms in total. The first-order valence-corrected chi connectivity index (χ1v) is 8.15. The van der Waals surface area contributed by atoms with E-state index in [1.54, 1.807) is 6.26 Å². The maximum absolute atomic E-state index is 6.00. The maximum Gasteiger partial charge on any atom is 0.117 e. The number of halogens is 2. The average Bonchev–Trinajstić information content (AvgIpc) is 2.95. The second-order valence-electron chi connectivity index (χ2n) is 4.57. The summed E-state index contributed by atoms with van der Waals surface area (Å²) in [6, 6.07) is 10.4. The molecule has 5 heteroatoms. The Hall–Kier alpha value is -0.620. The molecule has 0 bridgehead atoms. The van der Waals surface area contributed by atoms with E-state index in [9.17, 15) is 0 Å². The summed E-state index contributed by atoms with van der Waals surface area (Å²) < 4.78 is 7.53. The molecule has 1 aromatic carbocycles. The topological polar surface area (TPSA) is 42.4 Å². The fourth-order valence-electron chi connectivity index (χ4n) is 2.26. The van der Waals surface area contributed by atoms with E-state index in [-0.39, 0.29) is 6.04 Å². The van der Waals surface area contributed by atoms with Crippen LogP contribution >= 0.6 is 31.9 Å². The minimum atomic E-state index is 0.175. The number of benzene rings is 1. The minimum Gasteiger partial charge on any atom is -0.468 e. The molecule has 0 saturated carbocycles. The van der Waals surface area contributed by atoms with Crippen LogP contribution in [0.2, 0.25) is 0 Å². The van der Waals surface area contributed by atoms with E-state index in [0.717, 1.165) is 27.8 Å². The molecule has 1 unspecified atom stereocenters. The molecule has 1 heterocycles. The molecule has 0 fully saturated rings. The summed E-state index contributed by atoms with van der Waals surface area (Å²) in [6.07, 6.45) is 1.71. The zero-order valence-electron chi connectivity index (χ0n) is 11.4. The van der Waals surface area contributed by atoms with Crippen LogP contribution in [0, 0.1) is 0 Å². The summed E-state index contributed by atoms with van der Waals surface area (Å²) in [4.78, 5) is 2.31. The summed E-state index contributed by atoms with van der Waals surface area (Å²) in [6.45, 7) is 4.39. The van der Waals surface area contributed by atoms with Crippen molar-refractivity contribution in [3.63, 3.8) is 0 Å². The molecule has 0 amide bonds. The lowest BCUT2D eigenvalue weighted by Crippen LogP contribution is -2.33. The Balaban J connectivity index is 2.21. The lowest BCUT2D eigenvalue weighted by Gasteiger charge is -2.29. The van der Waals surface area contributed by atoms with Crippen LogP contribution in [0.1, 0.15) is 24.3 Å². The van der Waals surface area contributed by atoms with Crippen molar-refractivity contribution in [2.24, 2.45) is 5.73 Å². The first kappa shape index (κ1) is 15.8. The van der Waals surface area contributed by atoms with Gasteiger partial charge in [0.05, 0.1) is 12.8 Å². The minimum absolute atomic E-state index is 0.175. The van der Waals surface area contributed by atoms with Gasteiger partial charge in [0.1, 0.15) is 5.76 Å². The third-order valence-corrected chi connectivity index (χ3v) is 5.22. The molecule has 2 N–H and O–H groups in total. The molecule has 2 aromatic rings. The van der Waals surface area contributed by atoms with Gasteiger partial charge in [-0.1, -0.05) is 13.0 Å². The van der Waals surface area contributed by atoms with Gasteiger partial charge in [0, 0.05) is 21.5 Å². The van der Waals surface area contributed by atoms with Crippen LogP contribution in [0.25, 0.3) is 0 Å². The van der Waals surface area contributed by atoms with Crippen molar-refractivity contribution < 1.29 is 4.42 Å². The summed E-state index contributed by atoms with van der Waals surface area (Å²) in [5.41, 5.74) is 7.20. The lowest BCUT2D eigenvalue weighted by molar-refractivity contribution is 0.188. The van der Waals surface area contributed by atoms with Gasteiger partial charge in [0.25, 0.3) is 0 Å². The van der Waals surface area contributed by atoms with Crippen LogP contribution in [0.15, 0.2) is 50.0 Å². The SMILES string of the molecule is CCN(Cc1ccco1)C(CN)c1ccc(Br)c(Br)c1. The first-order valence-electron chi connectivity index (χ1n) is 6.57. The van der Waals surface area contributed by atoms with Crippen LogP contribution in [0.4, 0.5) is 0 Å². The Kier molecular flexibility index (Phi) is 5.84. The molecule has 0 aliphatic rings. The molecule has 1 atom stereocenters. The highest BCUT2D eigenvalue weighted by Gasteiger charge is 2.19. The van der Waals surface area contributed by atoms with Gasteiger partial charge in [-0.25, -0.2) is 0 Å². The van der Waals surface area contributed by atoms with Crippen LogP contribution < -0.4 is 5.73 Å². The van der Waals surface area contributed by atoms with Crippen molar-refractivity contribution in [3.8, 4) is 0 Å².